The first kappa shape index (κ1) is 13.1. The van der Waals surface area contributed by atoms with Gasteiger partial charge in [-0.2, -0.15) is 0 Å². The van der Waals surface area contributed by atoms with E-state index in [1.807, 2.05) is 24.9 Å². The van der Waals surface area contributed by atoms with E-state index in [9.17, 15) is 4.79 Å². The second-order valence-electron chi connectivity index (χ2n) is 4.27. The van der Waals surface area contributed by atoms with Crippen LogP contribution in [0.4, 0.5) is 5.82 Å². The van der Waals surface area contributed by atoms with Gasteiger partial charge in [0.05, 0.1) is 5.75 Å². The molecule has 6 heteroatoms. The summed E-state index contributed by atoms with van der Waals surface area (Å²) in [6.45, 7) is 3.67. The van der Waals surface area contributed by atoms with Gasteiger partial charge in [-0.25, -0.2) is 9.97 Å². The van der Waals surface area contributed by atoms with Crippen molar-refractivity contribution in [2.45, 2.75) is 24.8 Å². The van der Waals surface area contributed by atoms with Gasteiger partial charge in [0.25, 0.3) is 0 Å². The molecule has 1 fully saturated rings. The summed E-state index contributed by atoms with van der Waals surface area (Å²) in [6, 6.07) is 1.87. The SMILES string of the molecule is CNc1cc(SCC(=O)N2CCCC2)nc(C)n1. The van der Waals surface area contributed by atoms with E-state index < -0.39 is 0 Å². The number of amides is 1. The van der Waals surface area contributed by atoms with Crippen molar-refractivity contribution in [1.29, 1.82) is 0 Å². The van der Waals surface area contributed by atoms with Gasteiger partial charge in [0.2, 0.25) is 5.91 Å². The van der Waals surface area contributed by atoms with Crippen LogP contribution < -0.4 is 5.32 Å². The number of thioether (sulfide) groups is 1. The molecule has 0 aliphatic carbocycles. The Balaban J connectivity index is 1.92. The van der Waals surface area contributed by atoms with Gasteiger partial charge in [-0.15, -0.1) is 0 Å². The van der Waals surface area contributed by atoms with Gasteiger partial charge in [0.1, 0.15) is 16.7 Å². The van der Waals surface area contributed by atoms with E-state index in [1.165, 1.54) is 11.8 Å². The number of hydrogen-bond donors (Lipinski definition) is 1. The Morgan fingerprint density at radius 3 is 2.83 bits per heavy atom. The van der Waals surface area contributed by atoms with Crippen molar-refractivity contribution in [3.63, 3.8) is 0 Å². The predicted molar refractivity (Wildman–Crippen MR) is 72.9 cm³/mol. The molecular formula is C12H18N4OS. The molecule has 0 aromatic carbocycles. The molecule has 98 valence electrons. The number of rotatable bonds is 4. The first-order valence-electron chi connectivity index (χ1n) is 6.13. The minimum absolute atomic E-state index is 0.208. The lowest BCUT2D eigenvalue weighted by Gasteiger charge is -2.14. The maximum atomic E-state index is 11.9. The van der Waals surface area contributed by atoms with Crippen LogP contribution in [-0.4, -0.2) is 46.7 Å². The number of nitrogens with zero attached hydrogens (tertiary/aromatic N) is 3. The predicted octanol–water partition coefficient (Wildman–Crippen LogP) is 1.54. The fourth-order valence-electron chi connectivity index (χ4n) is 1.94. The van der Waals surface area contributed by atoms with Crippen LogP contribution in [0, 0.1) is 6.92 Å². The van der Waals surface area contributed by atoms with Gasteiger partial charge in [0.15, 0.2) is 0 Å². The number of nitrogens with one attached hydrogen (secondary N) is 1. The molecule has 0 saturated carbocycles. The van der Waals surface area contributed by atoms with E-state index in [4.69, 9.17) is 0 Å². The van der Waals surface area contributed by atoms with E-state index in [0.29, 0.717) is 5.75 Å². The van der Waals surface area contributed by atoms with Crippen molar-refractivity contribution in [1.82, 2.24) is 14.9 Å². The van der Waals surface area contributed by atoms with Gasteiger partial charge in [-0.05, 0) is 19.8 Å². The third-order valence-corrected chi connectivity index (χ3v) is 3.77. The summed E-state index contributed by atoms with van der Waals surface area (Å²) >= 11 is 1.48. The fraction of sp³-hybridized carbons (Fsp3) is 0.583. The van der Waals surface area contributed by atoms with Gasteiger partial charge in [-0.1, -0.05) is 11.8 Å². The summed E-state index contributed by atoms with van der Waals surface area (Å²) in [5.74, 6) is 2.18. The molecule has 1 saturated heterocycles. The van der Waals surface area contributed by atoms with E-state index in [1.54, 1.807) is 0 Å². The van der Waals surface area contributed by atoms with Crippen molar-refractivity contribution in [2.75, 3.05) is 31.2 Å². The Morgan fingerprint density at radius 2 is 2.17 bits per heavy atom. The standard InChI is InChI=1S/C12H18N4OS/c1-9-14-10(13-2)7-11(15-9)18-8-12(17)16-5-3-4-6-16/h7H,3-6,8H2,1-2H3,(H,13,14,15). The Bertz CT molecular complexity index is 432. The Hall–Kier alpha value is -1.30. The van der Waals surface area contributed by atoms with Crippen LogP contribution in [-0.2, 0) is 4.79 Å². The number of hydrogen-bond acceptors (Lipinski definition) is 5. The van der Waals surface area contributed by atoms with Crippen molar-refractivity contribution >= 4 is 23.5 Å². The third kappa shape index (κ3) is 3.35. The Labute approximate surface area is 111 Å². The van der Waals surface area contributed by atoms with E-state index >= 15 is 0 Å². The minimum Gasteiger partial charge on any atom is -0.373 e. The lowest BCUT2D eigenvalue weighted by molar-refractivity contribution is -0.127. The normalized spacial score (nSPS) is 14.9. The van der Waals surface area contributed by atoms with Crippen molar-refractivity contribution < 1.29 is 4.79 Å². The average Bonchev–Trinajstić information content (AvgIpc) is 2.89. The molecule has 1 aliphatic heterocycles. The first-order chi connectivity index (χ1) is 8.69. The molecule has 0 unspecified atom stereocenters. The molecule has 0 bridgehead atoms. The number of carbonyl (C=O) groups is 1. The molecule has 1 aliphatic rings. The first-order valence-corrected chi connectivity index (χ1v) is 7.11. The molecule has 18 heavy (non-hydrogen) atoms. The monoisotopic (exact) mass is 266 g/mol. The van der Waals surface area contributed by atoms with E-state index in [0.717, 1.165) is 42.6 Å². The Morgan fingerprint density at radius 1 is 1.44 bits per heavy atom. The van der Waals surface area contributed by atoms with Crippen LogP contribution in [0.5, 0.6) is 0 Å². The topological polar surface area (TPSA) is 58.1 Å². The zero-order valence-electron chi connectivity index (χ0n) is 10.8. The average molecular weight is 266 g/mol. The number of aryl methyl sites for hydroxylation is 1. The van der Waals surface area contributed by atoms with E-state index in [2.05, 4.69) is 15.3 Å². The molecule has 1 aromatic rings. The molecule has 1 aromatic heterocycles. The van der Waals surface area contributed by atoms with Crippen molar-refractivity contribution in [3.05, 3.63) is 11.9 Å². The minimum atomic E-state index is 0.208. The highest BCUT2D eigenvalue weighted by Gasteiger charge is 2.18. The zero-order valence-corrected chi connectivity index (χ0v) is 11.6. The van der Waals surface area contributed by atoms with Gasteiger partial charge in [-0.3, -0.25) is 4.79 Å². The number of likely N-dealkylation sites (tertiary alicyclic amines) is 1. The third-order valence-electron chi connectivity index (χ3n) is 2.87. The van der Waals surface area contributed by atoms with Gasteiger partial charge >= 0.3 is 0 Å². The summed E-state index contributed by atoms with van der Waals surface area (Å²) in [6.07, 6.45) is 2.26. The highest BCUT2D eigenvalue weighted by molar-refractivity contribution is 7.99. The largest absolute Gasteiger partial charge is 0.373 e. The summed E-state index contributed by atoms with van der Waals surface area (Å²) in [7, 11) is 1.83. The van der Waals surface area contributed by atoms with Crippen molar-refractivity contribution in [2.24, 2.45) is 0 Å². The molecule has 2 heterocycles. The van der Waals surface area contributed by atoms with Crippen LogP contribution >= 0.6 is 11.8 Å². The van der Waals surface area contributed by atoms with E-state index in [-0.39, 0.29) is 5.91 Å². The van der Waals surface area contributed by atoms with Gasteiger partial charge < -0.3 is 10.2 Å². The lowest BCUT2D eigenvalue weighted by Crippen LogP contribution is -2.29. The van der Waals surface area contributed by atoms with Crippen LogP contribution in [0.15, 0.2) is 11.1 Å². The molecule has 0 radical (unpaired) electrons. The lowest BCUT2D eigenvalue weighted by atomic mass is 10.4. The highest BCUT2D eigenvalue weighted by atomic mass is 32.2. The molecule has 0 spiro atoms. The number of anilines is 1. The smallest absolute Gasteiger partial charge is 0.232 e. The molecular weight excluding hydrogens is 248 g/mol. The molecule has 5 nitrogen and oxygen atoms in total. The summed E-state index contributed by atoms with van der Waals surface area (Å²) < 4.78 is 0. The molecule has 1 amide bonds. The van der Waals surface area contributed by atoms with Crippen LogP contribution in [0.3, 0.4) is 0 Å². The zero-order chi connectivity index (χ0) is 13.0. The van der Waals surface area contributed by atoms with Crippen LogP contribution in [0.1, 0.15) is 18.7 Å². The second-order valence-corrected chi connectivity index (χ2v) is 5.26. The number of carbonyl (C=O) groups excluding carboxylic acids is 1. The maximum Gasteiger partial charge on any atom is 0.232 e. The second kappa shape index (κ2) is 6.04. The molecule has 1 N–H and O–H groups in total. The van der Waals surface area contributed by atoms with Gasteiger partial charge in [0, 0.05) is 26.2 Å². The quantitative estimate of drug-likeness (QED) is 0.662. The summed E-state index contributed by atoms with van der Waals surface area (Å²) in [5, 5.41) is 3.84. The van der Waals surface area contributed by atoms with Crippen molar-refractivity contribution in [3.8, 4) is 0 Å². The van der Waals surface area contributed by atoms with Crippen LogP contribution in [0.2, 0.25) is 0 Å². The molecule has 0 atom stereocenters. The number of aromatic nitrogens is 2. The van der Waals surface area contributed by atoms with Crippen LogP contribution in [0.25, 0.3) is 0 Å². The Kier molecular flexibility index (Phi) is 4.41. The summed E-state index contributed by atoms with van der Waals surface area (Å²) in [4.78, 5) is 22.4. The maximum absolute atomic E-state index is 11.9. The fourth-order valence-corrected chi connectivity index (χ4v) is 2.78. The highest BCUT2D eigenvalue weighted by Crippen LogP contribution is 2.19. The molecule has 2 rings (SSSR count). The summed E-state index contributed by atoms with van der Waals surface area (Å²) in [5.41, 5.74) is 0.